The number of benzene rings is 3. The van der Waals surface area contributed by atoms with Gasteiger partial charge in [0.25, 0.3) is 0 Å². The molecule has 0 N–H and O–H groups in total. The molecule has 1 aromatic heterocycles. The monoisotopic (exact) mass is 367 g/mol. The van der Waals surface area contributed by atoms with Crippen molar-refractivity contribution in [3.05, 3.63) is 84.2 Å². The fourth-order valence-corrected chi connectivity index (χ4v) is 4.57. The Morgan fingerprint density at radius 1 is 0.821 bits per heavy atom. The summed E-state index contributed by atoms with van der Waals surface area (Å²) >= 11 is 0. The second kappa shape index (κ2) is 6.16. The molecule has 0 fully saturated rings. The zero-order chi connectivity index (χ0) is 19.4. The minimum absolute atomic E-state index is 0.295. The van der Waals surface area contributed by atoms with Crippen LogP contribution >= 0.6 is 0 Å². The topological polar surface area (TPSA) is 11.4 Å². The van der Waals surface area contributed by atoms with Gasteiger partial charge in [-0.3, -0.25) is 0 Å². The lowest BCUT2D eigenvalue weighted by atomic mass is 10.0. The minimum Gasteiger partial charge on any atom is -0.359 e. The maximum absolute atomic E-state index is 2.41. The Hall–Kier alpha value is -3.20. The van der Waals surface area contributed by atoms with Crippen LogP contribution in [-0.2, 0) is 0 Å². The Morgan fingerprint density at radius 3 is 2.25 bits per heavy atom. The van der Waals surface area contributed by atoms with Gasteiger partial charge in [-0.15, -0.1) is 0 Å². The second-order valence-electron chi connectivity index (χ2n) is 7.77. The zero-order valence-corrected chi connectivity index (χ0v) is 16.8. The SMILES string of the molecule is Cc1cc(C)c2c(c1N1C=CN(C)[C@@H]1C)c1ccccc1n2-c1ccccc1. The molecule has 0 saturated carbocycles. The summed E-state index contributed by atoms with van der Waals surface area (Å²) in [5.41, 5.74) is 7.67. The van der Waals surface area contributed by atoms with E-state index in [0.717, 1.165) is 0 Å². The Morgan fingerprint density at radius 2 is 1.54 bits per heavy atom. The molecule has 4 aromatic rings. The highest BCUT2D eigenvalue weighted by molar-refractivity contribution is 6.17. The molecule has 3 nitrogen and oxygen atoms in total. The molecular weight excluding hydrogens is 342 g/mol. The first-order chi connectivity index (χ1) is 13.6. The molecule has 0 unspecified atom stereocenters. The third kappa shape index (κ3) is 2.29. The molecule has 140 valence electrons. The number of hydrogen-bond acceptors (Lipinski definition) is 2. The number of fused-ring (bicyclic) bond motifs is 3. The predicted molar refractivity (Wildman–Crippen MR) is 119 cm³/mol. The molecule has 2 heterocycles. The van der Waals surface area contributed by atoms with Crippen LogP contribution in [0, 0.1) is 13.8 Å². The van der Waals surface area contributed by atoms with Crippen LogP contribution in [0.15, 0.2) is 73.1 Å². The third-order valence-corrected chi connectivity index (χ3v) is 6.02. The van der Waals surface area contributed by atoms with Gasteiger partial charge >= 0.3 is 0 Å². The Bertz CT molecular complexity index is 1220. The lowest BCUT2D eigenvalue weighted by Gasteiger charge is -2.29. The van der Waals surface area contributed by atoms with Gasteiger partial charge in [0.15, 0.2) is 0 Å². The maximum Gasteiger partial charge on any atom is 0.102 e. The van der Waals surface area contributed by atoms with Gasteiger partial charge in [-0.2, -0.15) is 0 Å². The van der Waals surface area contributed by atoms with E-state index in [1.165, 1.54) is 44.3 Å². The summed E-state index contributed by atoms with van der Waals surface area (Å²) in [5, 5.41) is 2.64. The van der Waals surface area contributed by atoms with E-state index in [2.05, 4.69) is 115 Å². The Balaban J connectivity index is 1.96. The maximum atomic E-state index is 2.41. The molecule has 3 aromatic carbocycles. The molecule has 1 aliphatic heterocycles. The minimum atomic E-state index is 0.295. The van der Waals surface area contributed by atoms with Gasteiger partial charge < -0.3 is 14.4 Å². The van der Waals surface area contributed by atoms with Crippen LogP contribution in [0.1, 0.15) is 18.1 Å². The molecule has 0 bridgehead atoms. The highest BCUT2D eigenvalue weighted by atomic mass is 15.4. The number of anilines is 1. The van der Waals surface area contributed by atoms with Crippen LogP contribution in [0.25, 0.3) is 27.5 Å². The van der Waals surface area contributed by atoms with Crippen LogP contribution in [-0.4, -0.2) is 22.7 Å². The molecule has 0 saturated heterocycles. The van der Waals surface area contributed by atoms with E-state index in [4.69, 9.17) is 0 Å². The summed E-state index contributed by atoms with van der Waals surface area (Å²) < 4.78 is 2.41. The Labute approximate surface area is 166 Å². The van der Waals surface area contributed by atoms with Gasteiger partial charge in [0, 0.05) is 35.9 Å². The Kier molecular flexibility index (Phi) is 3.73. The van der Waals surface area contributed by atoms with Crippen molar-refractivity contribution >= 4 is 27.5 Å². The summed E-state index contributed by atoms with van der Waals surface area (Å²) in [6.07, 6.45) is 4.66. The molecule has 28 heavy (non-hydrogen) atoms. The first-order valence-corrected chi connectivity index (χ1v) is 9.85. The van der Waals surface area contributed by atoms with Crippen LogP contribution in [0.2, 0.25) is 0 Å². The van der Waals surface area contributed by atoms with E-state index in [-0.39, 0.29) is 0 Å². The molecule has 0 amide bonds. The third-order valence-electron chi connectivity index (χ3n) is 6.02. The number of rotatable bonds is 2. The van der Waals surface area contributed by atoms with Crippen molar-refractivity contribution in [1.82, 2.24) is 9.47 Å². The van der Waals surface area contributed by atoms with Crippen molar-refractivity contribution in [3.8, 4) is 5.69 Å². The van der Waals surface area contributed by atoms with Gasteiger partial charge in [-0.05, 0) is 50.1 Å². The summed E-state index contributed by atoms with van der Waals surface area (Å²) in [6, 6.07) is 21.8. The molecular formula is C25H25N3. The van der Waals surface area contributed by atoms with E-state index in [1.54, 1.807) is 0 Å². The number of hydrogen-bond donors (Lipinski definition) is 0. The van der Waals surface area contributed by atoms with E-state index in [1.807, 2.05) is 0 Å². The standard InChI is InChI=1S/C25H25N3/c1-17-16-18(2)25-23(24(17)27-15-14-26(4)19(27)3)21-12-8-9-13-22(21)28(25)20-10-6-5-7-11-20/h5-16,19H,1-4H3/t19-/m0/s1. The number of aromatic nitrogens is 1. The predicted octanol–water partition coefficient (Wildman–Crippen LogP) is 5.97. The highest BCUT2D eigenvalue weighted by Gasteiger charge is 2.26. The smallest absolute Gasteiger partial charge is 0.102 e. The zero-order valence-electron chi connectivity index (χ0n) is 16.8. The largest absolute Gasteiger partial charge is 0.359 e. The second-order valence-corrected chi connectivity index (χ2v) is 7.77. The van der Waals surface area contributed by atoms with E-state index in [0.29, 0.717) is 6.17 Å². The van der Waals surface area contributed by atoms with Crippen molar-refractivity contribution in [3.63, 3.8) is 0 Å². The van der Waals surface area contributed by atoms with Crippen molar-refractivity contribution in [2.24, 2.45) is 0 Å². The average molecular weight is 367 g/mol. The number of para-hydroxylation sites is 2. The van der Waals surface area contributed by atoms with Gasteiger partial charge in [0.1, 0.15) is 6.17 Å². The fourth-order valence-electron chi connectivity index (χ4n) is 4.57. The van der Waals surface area contributed by atoms with Crippen molar-refractivity contribution < 1.29 is 0 Å². The van der Waals surface area contributed by atoms with E-state index in [9.17, 15) is 0 Å². The first kappa shape index (κ1) is 16.9. The first-order valence-electron chi connectivity index (χ1n) is 9.85. The van der Waals surface area contributed by atoms with Gasteiger partial charge in [-0.1, -0.05) is 42.5 Å². The van der Waals surface area contributed by atoms with Crippen LogP contribution in [0.5, 0.6) is 0 Å². The molecule has 0 aliphatic carbocycles. The quantitative estimate of drug-likeness (QED) is 0.432. The highest BCUT2D eigenvalue weighted by Crippen LogP contribution is 2.43. The summed E-state index contributed by atoms with van der Waals surface area (Å²) in [6.45, 7) is 6.71. The van der Waals surface area contributed by atoms with Crippen LogP contribution in [0.4, 0.5) is 5.69 Å². The van der Waals surface area contributed by atoms with Crippen LogP contribution in [0.3, 0.4) is 0 Å². The summed E-state index contributed by atoms with van der Waals surface area (Å²) in [5.74, 6) is 0. The van der Waals surface area contributed by atoms with E-state index >= 15 is 0 Å². The van der Waals surface area contributed by atoms with Gasteiger partial charge in [-0.25, -0.2) is 0 Å². The lowest BCUT2D eigenvalue weighted by molar-refractivity contribution is 0.383. The van der Waals surface area contributed by atoms with Gasteiger partial charge in [0.05, 0.1) is 16.7 Å². The van der Waals surface area contributed by atoms with Crippen molar-refractivity contribution in [2.75, 3.05) is 11.9 Å². The fraction of sp³-hybridized carbons (Fsp3) is 0.200. The molecule has 5 rings (SSSR count). The average Bonchev–Trinajstić information content (AvgIpc) is 3.22. The lowest BCUT2D eigenvalue weighted by Crippen LogP contribution is -2.33. The number of aryl methyl sites for hydroxylation is 2. The van der Waals surface area contributed by atoms with Crippen molar-refractivity contribution in [1.29, 1.82) is 0 Å². The van der Waals surface area contributed by atoms with Gasteiger partial charge in [0.2, 0.25) is 0 Å². The summed E-state index contributed by atoms with van der Waals surface area (Å²) in [7, 11) is 2.13. The number of nitrogens with zero attached hydrogens (tertiary/aromatic N) is 3. The normalized spacial score (nSPS) is 16.6. The van der Waals surface area contributed by atoms with Crippen molar-refractivity contribution in [2.45, 2.75) is 26.9 Å². The molecule has 0 radical (unpaired) electrons. The molecule has 3 heteroatoms. The molecule has 1 aliphatic rings. The van der Waals surface area contributed by atoms with Crippen LogP contribution < -0.4 is 4.90 Å². The summed E-state index contributed by atoms with van der Waals surface area (Å²) in [4.78, 5) is 4.65. The molecule has 0 spiro atoms. The molecule has 1 atom stereocenters. The van der Waals surface area contributed by atoms with E-state index < -0.39 is 0 Å².